The Kier molecular flexibility index (Phi) is 7.11. The van der Waals surface area contributed by atoms with Crippen molar-refractivity contribution < 1.29 is 5.11 Å². The molecule has 5 nitrogen and oxygen atoms in total. The second-order valence-corrected chi connectivity index (χ2v) is 10.6. The molecule has 0 aliphatic rings. The maximum absolute atomic E-state index is 10.9. The molecule has 0 unspecified atom stereocenters. The molecule has 7 heteroatoms. The SMILES string of the molecule is Cc1cc(CSCCc2nc3ccccc3[nH]2)c(O)c(CSCCc2nc3ccccc3[nH]2)c1. The van der Waals surface area contributed by atoms with Crippen LogP contribution in [0.2, 0.25) is 0 Å². The van der Waals surface area contributed by atoms with E-state index in [1.807, 2.05) is 59.9 Å². The summed E-state index contributed by atoms with van der Waals surface area (Å²) in [5, 5.41) is 10.9. The van der Waals surface area contributed by atoms with E-state index in [0.29, 0.717) is 5.75 Å². The number of imidazole rings is 2. The van der Waals surface area contributed by atoms with E-state index in [9.17, 15) is 5.11 Å². The van der Waals surface area contributed by atoms with Gasteiger partial charge >= 0.3 is 0 Å². The average molecular weight is 489 g/mol. The second kappa shape index (κ2) is 10.6. The molecule has 0 aliphatic heterocycles. The van der Waals surface area contributed by atoms with Crippen molar-refractivity contribution >= 4 is 45.6 Å². The second-order valence-electron chi connectivity index (χ2n) is 8.44. The number of aromatic hydroxyl groups is 1. The van der Waals surface area contributed by atoms with E-state index >= 15 is 0 Å². The molecule has 0 radical (unpaired) electrons. The van der Waals surface area contributed by atoms with Gasteiger partial charge in [0.25, 0.3) is 0 Å². The van der Waals surface area contributed by atoms with Crippen molar-refractivity contribution in [3.8, 4) is 5.75 Å². The van der Waals surface area contributed by atoms with E-state index in [1.165, 1.54) is 5.56 Å². The highest BCUT2D eigenvalue weighted by atomic mass is 32.2. The largest absolute Gasteiger partial charge is 0.507 e. The molecule has 174 valence electrons. The summed E-state index contributed by atoms with van der Waals surface area (Å²) >= 11 is 3.66. The molecule has 0 fully saturated rings. The molecule has 0 bridgehead atoms. The lowest BCUT2D eigenvalue weighted by Crippen LogP contribution is -1.96. The molecule has 0 saturated heterocycles. The standard InChI is InChI=1S/C27H28N4OS2/c1-18-14-19(16-33-12-10-25-28-21-6-2-3-7-22(21)29-25)27(32)20(15-18)17-34-13-11-26-30-23-8-4-5-9-24(23)31-26/h2-9,14-15,32H,10-13,16-17H2,1H3,(H,28,29)(H,30,31). The number of nitrogens with zero attached hydrogens (tertiary/aromatic N) is 2. The fourth-order valence-corrected chi connectivity index (χ4v) is 5.95. The Hall–Kier alpha value is -2.90. The van der Waals surface area contributed by atoms with Gasteiger partial charge in [-0.15, -0.1) is 0 Å². The highest BCUT2D eigenvalue weighted by Crippen LogP contribution is 2.31. The van der Waals surface area contributed by atoms with Gasteiger partial charge in [0, 0.05) is 47.0 Å². The normalized spacial score (nSPS) is 11.6. The molecule has 2 heterocycles. The molecule has 2 aromatic heterocycles. The van der Waals surface area contributed by atoms with E-state index < -0.39 is 0 Å². The zero-order valence-electron chi connectivity index (χ0n) is 19.2. The summed E-state index contributed by atoms with van der Waals surface area (Å²) < 4.78 is 0. The first kappa shape index (κ1) is 22.9. The number of fused-ring (bicyclic) bond motifs is 2. The monoisotopic (exact) mass is 488 g/mol. The summed E-state index contributed by atoms with van der Waals surface area (Å²) in [4.78, 5) is 16.1. The van der Waals surface area contributed by atoms with Crippen LogP contribution in [0, 0.1) is 6.92 Å². The third-order valence-corrected chi connectivity index (χ3v) is 7.79. The van der Waals surface area contributed by atoms with Crippen molar-refractivity contribution in [1.82, 2.24) is 19.9 Å². The number of phenols is 1. The minimum atomic E-state index is 0.443. The van der Waals surface area contributed by atoms with Crippen molar-refractivity contribution in [2.24, 2.45) is 0 Å². The lowest BCUT2D eigenvalue weighted by atomic mass is 10.1. The Morgan fingerprint density at radius 1 is 0.735 bits per heavy atom. The van der Waals surface area contributed by atoms with Crippen LogP contribution in [0.5, 0.6) is 5.75 Å². The molecule has 3 N–H and O–H groups in total. The van der Waals surface area contributed by atoms with Gasteiger partial charge < -0.3 is 15.1 Å². The van der Waals surface area contributed by atoms with Crippen LogP contribution in [-0.2, 0) is 24.3 Å². The zero-order chi connectivity index (χ0) is 23.3. The molecule has 0 saturated carbocycles. The Balaban J connectivity index is 1.12. The number of aromatic nitrogens is 4. The van der Waals surface area contributed by atoms with Gasteiger partial charge in [0.15, 0.2) is 0 Å². The topological polar surface area (TPSA) is 77.6 Å². The van der Waals surface area contributed by atoms with E-state index in [1.54, 1.807) is 0 Å². The first-order valence-electron chi connectivity index (χ1n) is 11.5. The predicted octanol–water partition coefficient (Wildman–Crippen LogP) is 6.41. The number of hydrogen-bond donors (Lipinski definition) is 3. The molecule has 3 aromatic carbocycles. The van der Waals surface area contributed by atoms with Crippen LogP contribution < -0.4 is 0 Å². The molecule has 5 rings (SSSR count). The zero-order valence-corrected chi connectivity index (χ0v) is 20.8. The maximum Gasteiger partial charge on any atom is 0.123 e. The van der Waals surface area contributed by atoms with Gasteiger partial charge in [0.2, 0.25) is 0 Å². The molecule has 5 aromatic rings. The number of para-hydroxylation sites is 4. The van der Waals surface area contributed by atoms with Crippen molar-refractivity contribution in [2.75, 3.05) is 11.5 Å². The first-order chi connectivity index (χ1) is 16.7. The summed E-state index contributed by atoms with van der Waals surface area (Å²) in [5.74, 6) is 5.98. The fraction of sp³-hybridized carbons (Fsp3) is 0.259. The van der Waals surface area contributed by atoms with E-state index in [-0.39, 0.29) is 0 Å². The Morgan fingerprint density at radius 2 is 1.21 bits per heavy atom. The summed E-state index contributed by atoms with van der Waals surface area (Å²) in [6.45, 7) is 2.10. The van der Waals surface area contributed by atoms with Crippen molar-refractivity contribution in [1.29, 1.82) is 0 Å². The van der Waals surface area contributed by atoms with Crippen molar-refractivity contribution in [3.05, 3.63) is 89.0 Å². The quantitative estimate of drug-likeness (QED) is 0.198. The number of phenolic OH excluding ortho intramolecular Hbond substituents is 1. The van der Waals surface area contributed by atoms with Gasteiger partial charge in [-0.05, 0) is 31.2 Å². The number of hydrogen-bond acceptors (Lipinski definition) is 5. The highest BCUT2D eigenvalue weighted by Gasteiger charge is 2.10. The Labute approximate surface area is 207 Å². The molecule has 0 aliphatic carbocycles. The van der Waals surface area contributed by atoms with Gasteiger partial charge in [-0.2, -0.15) is 23.5 Å². The number of nitrogens with one attached hydrogen (secondary N) is 2. The van der Waals surface area contributed by atoms with Gasteiger partial charge in [0.05, 0.1) is 22.1 Å². The third-order valence-electron chi connectivity index (χ3n) is 5.77. The van der Waals surface area contributed by atoms with Crippen LogP contribution in [0.1, 0.15) is 28.3 Å². The third kappa shape index (κ3) is 5.42. The number of rotatable bonds is 10. The van der Waals surface area contributed by atoms with Crippen LogP contribution in [0.15, 0.2) is 60.7 Å². The van der Waals surface area contributed by atoms with Crippen LogP contribution in [-0.4, -0.2) is 36.5 Å². The first-order valence-corrected chi connectivity index (χ1v) is 13.8. The maximum atomic E-state index is 10.9. The van der Waals surface area contributed by atoms with E-state index in [0.717, 1.165) is 80.7 Å². The minimum absolute atomic E-state index is 0.443. The summed E-state index contributed by atoms with van der Waals surface area (Å²) in [6, 6.07) is 20.4. The molecule has 0 spiro atoms. The van der Waals surface area contributed by atoms with Gasteiger partial charge in [-0.1, -0.05) is 42.0 Å². The number of benzene rings is 3. The summed E-state index contributed by atoms with van der Waals surface area (Å²) in [6.07, 6.45) is 1.77. The molecule has 34 heavy (non-hydrogen) atoms. The number of H-pyrrole nitrogens is 2. The Morgan fingerprint density at radius 3 is 1.68 bits per heavy atom. The highest BCUT2D eigenvalue weighted by molar-refractivity contribution is 7.98. The van der Waals surface area contributed by atoms with Gasteiger partial charge in [0.1, 0.15) is 17.4 Å². The molecular weight excluding hydrogens is 460 g/mol. The predicted molar refractivity (Wildman–Crippen MR) is 145 cm³/mol. The van der Waals surface area contributed by atoms with Crippen molar-refractivity contribution in [2.45, 2.75) is 31.3 Å². The van der Waals surface area contributed by atoms with Gasteiger partial charge in [-0.3, -0.25) is 0 Å². The van der Waals surface area contributed by atoms with E-state index in [4.69, 9.17) is 0 Å². The summed E-state index contributed by atoms with van der Waals surface area (Å²) in [5.41, 5.74) is 7.42. The fourth-order valence-electron chi connectivity index (χ4n) is 4.10. The average Bonchev–Trinajstić information content (AvgIpc) is 3.45. The van der Waals surface area contributed by atoms with Crippen LogP contribution in [0.3, 0.4) is 0 Å². The molecular formula is C27H28N4OS2. The summed E-state index contributed by atoms with van der Waals surface area (Å²) in [7, 11) is 0. The van der Waals surface area contributed by atoms with Gasteiger partial charge in [-0.25, -0.2) is 9.97 Å². The number of thioether (sulfide) groups is 2. The Bertz CT molecular complexity index is 1240. The van der Waals surface area contributed by atoms with Crippen LogP contribution in [0.4, 0.5) is 0 Å². The number of aromatic amines is 2. The van der Waals surface area contributed by atoms with Crippen LogP contribution in [0.25, 0.3) is 22.1 Å². The molecule has 0 atom stereocenters. The number of aryl methyl sites for hydroxylation is 3. The lowest BCUT2D eigenvalue weighted by Gasteiger charge is -2.11. The lowest BCUT2D eigenvalue weighted by molar-refractivity contribution is 0.465. The van der Waals surface area contributed by atoms with E-state index in [2.05, 4.69) is 51.1 Å². The minimum Gasteiger partial charge on any atom is -0.507 e. The van der Waals surface area contributed by atoms with Crippen LogP contribution >= 0.6 is 23.5 Å². The molecule has 0 amide bonds. The smallest absolute Gasteiger partial charge is 0.123 e. The van der Waals surface area contributed by atoms with Crippen molar-refractivity contribution in [3.63, 3.8) is 0 Å².